The molecule has 0 atom stereocenters. The van der Waals surface area contributed by atoms with Crippen molar-refractivity contribution in [3.05, 3.63) is 34.2 Å². The highest BCUT2D eigenvalue weighted by atomic mass is 35.5. The third kappa shape index (κ3) is 2.80. The third-order valence-corrected chi connectivity index (χ3v) is 6.04. The van der Waals surface area contributed by atoms with E-state index in [1.807, 2.05) is 24.3 Å². The molecule has 0 radical (unpaired) electrons. The van der Waals surface area contributed by atoms with Crippen LogP contribution in [0.15, 0.2) is 24.3 Å². The van der Waals surface area contributed by atoms with Gasteiger partial charge in [-0.05, 0) is 18.9 Å². The summed E-state index contributed by atoms with van der Waals surface area (Å²) in [6.07, 6.45) is 4.20. The van der Waals surface area contributed by atoms with Gasteiger partial charge in [0.1, 0.15) is 4.88 Å². The van der Waals surface area contributed by atoms with Gasteiger partial charge >= 0.3 is 0 Å². The molecule has 0 spiro atoms. The van der Waals surface area contributed by atoms with Gasteiger partial charge in [0.05, 0.1) is 11.6 Å². The molecule has 1 aromatic heterocycles. The number of carbonyl (C=O) groups excluding carboxylic acids is 1. The average molecular weight is 324 g/mol. The smallest absolute Gasteiger partial charge is 0.262 e. The molecule has 1 fully saturated rings. The summed E-state index contributed by atoms with van der Waals surface area (Å²) < 4.78 is 1.02. The second-order valence-electron chi connectivity index (χ2n) is 5.79. The van der Waals surface area contributed by atoms with Crippen LogP contribution in [0.4, 0.5) is 0 Å². The van der Waals surface area contributed by atoms with E-state index in [-0.39, 0.29) is 17.9 Å². The fourth-order valence-electron chi connectivity index (χ4n) is 3.02. The van der Waals surface area contributed by atoms with Gasteiger partial charge in [0.2, 0.25) is 0 Å². The van der Waals surface area contributed by atoms with Gasteiger partial charge in [0, 0.05) is 22.0 Å². The van der Waals surface area contributed by atoms with Crippen molar-refractivity contribution in [2.75, 3.05) is 13.2 Å². The predicted molar refractivity (Wildman–Crippen MR) is 87.2 cm³/mol. The molecule has 21 heavy (non-hydrogen) atoms. The maximum atomic E-state index is 12.4. The average Bonchev–Trinajstić information content (AvgIpc) is 3.11. The first-order valence-electron chi connectivity index (χ1n) is 7.21. The number of rotatable bonds is 4. The van der Waals surface area contributed by atoms with E-state index >= 15 is 0 Å². The molecule has 1 aromatic carbocycles. The quantitative estimate of drug-likeness (QED) is 0.898. The van der Waals surface area contributed by atoms with Crippen molar-refractivity contribution < 1.29 is 9.90 Å². The number of thiophene rings is 1. The number of aliphatic hydroxyl groups excluding tert-OH is 1. The summed E-state index contributed by atoms with van der Waals surface area (Å²) in [5.74, 6) is -0.138. The van der Waals surface area contributed by atoms with Gasteiger partial charge in [-0.1, -0.05) is 42.6 Å². The van der Waals surface area contributed by atoms with Crippen molar-refractivity contribution >= 4 is 38.9 Å². The Morgan fingerprint density at radius 3 is 2.71 bits per heavy atom. The molecule has 0 saturated heterocycles. The SMILES string of the molecule is O=C(NCC1(CO)CCCC1)c1sc2ccccc2c1Cl. The van der Waals surface area contributed by atoms with Crippen molar-refractivity contribution in [3.63, 3.8) is 0 Å². The molecular formula is C16H18ClNO2S. The molecule has 112 valence electrons. The summed E-state index contributed by atoms with van der Waals surface area (Å²) in [6, 6.07) is 7.75. The second-order valence-corrected chi connectivity index (χ2v) is 7.22. The van der Waals surface area contributed by atoms with Gasteiger partial charge in [-0.3, -0.25) is 4.79 Å². The summed E-state index contributed by atoms with van der Waals surface area (Å²) in [5.41, 5.74) is -0.140. The van der Waals surface area contributed by atoms with Crippen molar-refractivity contribution in [2.24, 2.45) is 5.41 Å². The fraction of sp³-hybridized carbons (Fsp3) is 0.438. The first-order valence-corrected chi connectivity index (χ1v) is 8.41. The summed E-state index contributed by atoms with van der Waals surface area (Å²) in [7, 11) is 0. The van der Waals surface area contributed by atoms with Gasteiger partial charge in [-0.2, -0.15) is 0 Å². The molecule has 1 aliphatic carbocycles. The second kappa shape index (κ2) is 5.95. The van der Waals surface area contributed by atoms with E-state index in [9.17, 15) is 9.90 Å². The molecule has 0 unspecified atom stereocenters. The Hall–Kier alpha value is -1.10. The van der Waals surface area contributed by atoms with Crippen molar-refractivity contribution in [1.29, 1.82) is 0 Å². The van der Waals surface area contributed by atoms with E-state index in [2.05, 4.69) is 5.32 Å². The summed E-state index contributed by atoms with van der Waals surface area (Å²) in [5, 5.41) is 14.0. The van der Waals surface area contributed by atoms with Crippen LogP contribution in [0.1, 0.15) is 35.4 Å². The van der Waals surface area contributed by atoms with E-state index in [4.69, 9.17) is 11.6 Å². The molecule has 1 heterocycles. The van der Waals surface area contributed by atoms with Gasteiger partial charge in [0.25, 0.3) is 5.91 Å². The molecule has 3 rings (SSSR count). The molecule has 1 saturated carbocycles. The molecule has 0 aliphatic heterocycles. The fourth-order valence-corrected chi connectivity index (χ4v) is 4.46. The molecule has 1 aliphatic rings. The normalized spacial score (nSPS) is 17.2. The number of halogens is 1. The van der Waals surface area contributed by atoms with E-state index < -0.39 is 0 Å². The molecule has 2 aromatic rings. The molecule has 5 heteroatoms. The Bertz CT molecular complexity index is 661. The maximum Gasteiger partial charge on any atom is 0.262 e. The number of amides is 1. The monoisotopic (exact) mass is 323 g/mol. The van der Waals surface area contributed by atoms with Gasteiger partial charge in [-0.15, -0.1) is 11.3 Å². The lowest BCUT2D eigenvalue weighted by molar-refractivity contribution is 0.0884. The van der Waals surface area contributed by atoms with Crippen LogP contribution in [-0.2, 0) is 0 Å². The summed E-state index contributed by atoms with van der Waals surface area (Å²) >= 11 is 7.73. The van der Waals surface area contributed by atoms with Crippen molar-refractivity contribution in [3.8, 4) is 0 Å². The topological polar surface area (TPSA) is 49.3 Å². The minimum absolute atomic E-state index is 0.132. The Kier molecular flexibility index (Phi) is 4.20. The van der Waals surface area contributed by atoms with Gasteiger partial charge < -0.3 is 10.4 Å². The Balaban J connectivity index is 1.76. The van der Waals surface area contributed by atoms with E-state index in [0.29, 0.717) is 16.4 Å². The highest BCUT2D eigenvalue weighted by molar-refractivity contribution is 7.21. The number of benzene rings is 1. The first-order chi connectivity index (χ1) is 10.2. The Morgan fingerprint density at radius 2 is 2.05 bits per heavy atom. The molecule has 3 nitrogen and oxygen atoms in total. The van der Waals surface area contributed by atoms with E-state index in [1.54, 1.807) is 0 Å². The number of carbonyl (C=O) groups is 1. The van der Waals surface area contributed by atoms with Crippen LogP contribution >= 0.6 is 22.9 Å². The zero-order valence-electron chi connectivity index (χ0n) is 11.7. The van der Waals surface area contributed by atoms with E-state index in [1.165, 1.54) is 11.3 Å². The number of hydrogen-bond donors (Lipinski definition) is 2. The lowest BCUT2D eigenvalue weighted by Gasteiger charge is -2.26. The number of fused-ring (bicyclic) bond motifs is 1. The third-order valence-electron chi connectivity index (χ3n) is 4.36. The minimum atomic E-state index is -0.140. The highest BCUT2D eigenvalue weighted by Gasteiger charge is 2.33. The van der Waals surface area contributed by atoms with Crippen LogP contribution in [0.25, 0.3) is 10.1 Å². The molecular weight excluding hydrogens is 306 g/mol. The first kappa shape index (κ1) is 14.8. The lowest BCUT2D eigenvalue weighted by atomic mass is 9.87. The Morgan fingerprint density at radius 1 is 1.33 bits per heavy atom. The van der Waals surface area contributed by atoms with Crippen molar-refractivity contribution in [1.82, 2.24) is 5.32 Å². The van der Waals surface area contributed by atoms with Crippen molar-refractivity contribution in [2.45, 2.75) is 25.7 Å². The van der Waals surface area contributed by atoms with Crippen LogP contribution in [0, 0.1) is 5.41 Å². The standard InChI is InChI=1S/C16H18ClNO2S/c17-13-11-5-1-2-6-12(11)21-14(13)15(20)18-9-16(10-19)7-3-4-8-16/h1-2,5-6,19H,3-4,7-10H2,(H,18,20). The largest absolute Gasteiger partial charge is 0.396 e. The number of nitrogens with one attached hydrogen (secondary N) is 1. The minimum Gasteiger partial charge on any atom is -0.396 e. The van der Waals surface area contributed by atoms with Gasteiger partial charge in [0.15, 0.2) is 0 Å². The van der Waals surface area contributed by atoms with Crippen LogP contribution in [-0.4, -0.2) is 24.2 Å². The van der Waals surface area contributed by atoms with Crippen LogP contribution in [0.3, 0.4) is 0 Å². The zero-order valence-corrected chi connectivity index (χ0v) is 13.3. The zero-order chi connectivity index (χ0) is 14.9. The van der Waals surface area contributed by atoms with E-state index in [0.717, 1.165) is 35.8 Å². The number of hydrogen-bond acceptors (Lipinski definition) is 3. The molecule has 2 N–H and O–H groups in total. The van der Waals surface area contributed by atoms with Crippen LogP contribution in [0.5, 0.6) is 0 Å². The summed E-state index contributed by atoms with van der Waals surface area (Å²) in [4.78, 5) is 12.9. The predicted octanol–water partition coefficient (Wildman–Crippen LogP) is 3.84. The lowest BCUT2D eigenvalue weighted by Crippen LogP contribution is -2.38. The van der Waals surface area contributed by atoms with Crippen LogP contribution < -0.4 is 5.32 Å². The Labute approximate surface area is 132 Å². The summed E-state index contributed by atoms with van der Waals surface area (Å²) in [6.45, 7) is 0.653. The van der Waals surface area contributed by atoms with Gasteiger partial charge in [-0.25, -0.2) is 0 Å². The molecule has 1 amide bonds. The maximum absolute atomic E-state index is 12.4. The number of aliphatic hydroxyl groups is 1. The highest BCUT2D eigenvalue weighted by Crippen LogP contribution is 2.38. The van der Waals surface area contributed by atoms with Crippen LogP contribution in [0.2, 0.25) is 5.02 Å². The molecule has 0 bridgehead atoms.